The van der Waals surface area contributed by atoms with Gasteiger partial charge in [-0.25, -0.2) is 9.37 Å². The average molecular weight is 330 g/mol. The lowest BCUT2D eigenvalue weighted by Gasteiger charge is -2.24. The minimum Gasteiger partial charge on any atom is -0.380 e. The molecule has 1 aliphatic heterocycles. The van der Waals surface area contributed by atoms with Crippen molar-refractivity contribution < 1.29 is 9.13 Å². The highest BCUT2D eigenvalue weighted by Crippen LogP contribution is 2.37. The van der Waals surface area contributed by atoms with Crippen LogP contribution in [0.3, 0.4) is 0 Å². The first kappa shape index (κ1) is 15.1. The topological polar surface area (TPSA) is 61.0 Å². The standard InChI is InChI=1S/C16H19FN6O/c1-21-9-18-20-15(21)13-7-10(24-3)8-23(13)16-19-14-11(17)5-4-6-12(14)22(16)2/h4-6,9-10,13H,7-8H2,1-3H3/t10-,13+/m1/s1. The number of nitrogens with zero attached hydrogens (tertiary/aromatic N) is 6. The number of ether oxygens (including phenoxy) is 1. The van der Waals surface area contributed by atoms with E-state index in [0.717, 1.165) is 17.8 Å². The molecule has 3 aromatic rings. The van der Waals surface area contributed by atoms with Crippen molar-refractivity contribution in [3.63, 3.8) is 0 Å². The normalized spacial score (nSPS) is 21.1. The molecule has 24 heavy (non-hydrogen) atoms. The summed E-state index contributed by atoms with van der Waals surface area (Å²) < 4.78 is 23.5. The van der Waals surface area contributed by atoms with Crippen molar-refractivity contribution in [2.24, 2.45) is 14.1 Å². The minimum atomic E-state index is -0.313. The number of anilines is 1. The van der Waals surface area contributed by atoms with Crippen LogP contribution in [0, 0.1) is 5.82 Å². The van der Waals surface area contributed by atoms with Gasteiger partial charge in [0.15, 0.2) is 11.6 Å². The number of fused-ring (bicyclic) bond motifs is 1. The lowest BCUT2D eigenvalue weighted by atomic mass is 10.2. The monoisotopic (exact) mass is 330 g/mol. The van der Waals surface area contributed by atoms with Crippen LogP contribution in [0.4, 0.5) is 10.3 Å². The fourth-order valence-corrected chi connectivity index (χ4v) is 3.45. The summed E-state index contributed by atoms with van der Waals surface area (Å²) in [6.45, 7) is 0.673. The van der Waals surface area contributed by atoms with Crippen molar-refractivity contribution in [3.05, 3.63) is 36.2 Å². The summed E-state index contributed by atoms with van der Waals surface area (Å²) in [6, 6.07) is 4.99. The van der Waals surface area contributed by atoms with Crippen LogP contribution in [0.15, 0.2) is 24.5 Å². The third-order valence-electron chi connectivity index (χ3n) is 4.74. The van der Waals surface area contributed by atoms with Gasteiger partial charge in [0.1, 0.15) is 11.8 Å². The quantitative estimate of drug-likeness (QED) is 0.733. The molecule has 126 valence electrons. The highest BCUT2D eigenvalue weighted by Gasteiger charge is 2.38. The second kappa shape index (κ2) is 5.55. The predicted octanol–water partition coefficient (Wildman–Crippen LogP) is 1.81. The Labute approximate surface area is 138 Å². The number of halogens is 1. The van der Waals surface area contributed by atoms with Crippen LogP contribution >= 0.6 is 0 Å². The van der Waals surface area contributed by atoms with Gasteiger partial charge in [-0.3, -0.25) is 0 Å². The first-order valence-corrected chi connectivity index (χ1v) is 7.84. The molecule has 0 bridgehead atoms. The lowest BCUT2D eigenvalue weighted by molar-refractivity contribution is 0.118. The molecule has 0 amide bonds. The number of methoxy groups -OCH3 is 1. The molecule has 2 aromatic heterocycles. The molecule has 7 nitrogen and oxygen atoms in total. The van der Waals surface area contributed by atoms with Gasteiger partial charge in [-0.1, -0.05) is 6.07 Å². The van der Waals surface area contributed by atoms with Crippen LogP contribution in [0.25, 0.3) is 11.0 Å². The number of benzene rings is 1. The zero-order valence-corrected chi connectivity index (χ0v) is 13.8. The number of hydrogen-bond donors (Lipinski definition) is 0. The zero-order valence-electron chi connectivity index (χ0n) is 13.8. The maximum Gasteiger partial charge on any atom is 0.207 e. The van der Waals surface area contributed by atoms with E-state index in [1.807, 2.05) is 29.3 Å². The Bertz CT molecular complexity index is 888. The first-order chi connectivity index (χ1) is 11.6. The van der Waals surface area contributed by atoms with E-state index >= 15 is 0 Å². The Morgan fingerprint density at radius 2 is 2.12 bits per heavy atom. The molecule has 8 heteroatoms. The van der Waals surface area contributed by atoms with Crippen LogP contribution < -0.4 is 4.90 Å². The zero-order chi connectivity index (χ0) is 16.8. The SMILES string of the molecule is CO[C@@H]1C[C@@H](c2nncn2C)N(c2nc3c(F)cccc3n2C)C1. The van der Waals surface area contributed by atoms with Crippen LogP contribution in [0.2, 0.25) is 0 Å². The molecule has 1 saturated heterocycles. The van der Waals surface area contributed by atoms with Crippen molar-refractivity contribution in [2.75, 3.05) is 18.6 Å². The smallest absolute Gasteiger partial charge is 0.207 e. The second-order valence-corrected chi connectivity index (χ2v) is 6.14. The van der Waals surface area contributed by atoms with E-state index in [9.17, 15) is 4.39 Å². The van der Waals surface area contributed by atoms with Crippen molar-refractivity contribution in [3.8, 4) is 0 Å². The second-order valence-electron chi connectivity index (χ2n) is 6.14. The van der Waals surface area contributed by atoms with Crippen molar-refractivity contribution >= 4 is 17.0 Å². The molecular formula is C16H19FN6O. The summed E-state index contributed by atoms with van der Waals surface area (Å²) in [7, 11) is 5.52. The molecule has 0 saturated carbocycles. The van der Waals surface area contributed by atoms with E-state index in [2.05, 4.69) is 20.1 Å². The van der Waals surface area contributed by atoms with E-state index in [0.29, 0.717) is 18.0 Å². The number of aryl methyl sites for hydroxylation is 2. The van der Waals surface area contributed by atoms with E-state index in [1.54, 1.807) is 19.5 Å². The number of para-hydroxylation sites is 1. The third kappa shape index (κ3) is 2.17. The summed E-state index contributed by atoms with van der Waals surface area (Å²) in [5.41, 5.74) is 1.15. The van der Waals surface area contributed by atoms with Crippen LogP contribution in [-0.2, 0) is 18.8 Å². The Kier molecular flexibility index (Phi) is 3.49. The summed E-state index contributed by atoms with van der Waals surface area (Å²) in [5, 5.41) is 8.23. The van der Waals surface area contributed by atoms with Gasteiger partial charge in [0.2, 0.25) is 5.95 Å². The number of aromatic nitrogens is 5. The van der Waals surface area contributed by atoms with Crippen LogP contribution in [0.5, 0.6) is 0 Å². The Morgan fingerprint density at radius 3 is 2.79 bits per heavy atom. The molecule has 1 aliphatic rings. The Morgan fingerprint density at radius 1 is 1.29 bits per heavy atom. The van der Waals surface area contributed by atoms with Crippen LogP contribution in [-0.4, -0.2) is 44.1 Å². The van der Waals surface area contributed by atoms with E-state index in [1.165, 1.54) is 6.07 Å². The fraction of sp³-hybridized carbons (Fsp3) is 0.438. The molecule has 1 fully saturated rings. The third-order valence-corrected chi connectivity index (χ3v) is 4.74. The highest BCUT2D eigenvalue weighted by molar-refractivity contribution is 5.79. The molecule has 0 N–H and O–H groups in total. The van der Waals surface area contributed by atoms with Gasteiger partial charge >= 0.3 is 0 Å². The van der Waals surface area contributed by atoms with Gasteiger partial charge in [-0.15, -0.1) is 10.2 Å². The predicted molar refractivity (Wildman–Crippen MR) is 87.2 cm³/mol. The molecule has 3 heterocycles. The van der Waals surface area contributed by atoms with Gasteiger partial charge in [0.25, 0.3) is 0 Å². The van der Waals surface area contributed by atoms with Crippen LogP contribution in [0.1, 0.15) is 18.3 Å². The highest BCUT2D eigenvalue weighted by atomic mass is 19.1. The number of hydrogen-bond acceptors (Lipinski definition) is 5. The van der Waals surface area contributed by atoms with Gasteiger partial charge in [0, 0.05) is 34.2 Å². The van der Waals surface area contributed by atoms with E-state index in [4.69, 9.17) is 4.74 Å². The molecule has 0 radical (unpaired) electrons. The van der Waals surface area contributed by atoms with Gasteiger partial charge in [-0.2, -0.15) is 0 Å². The summed E-state index contributed by atoms with van der Waals surface area (Å²) in [4.78, 5) is 6.68. The number of rotatable bonds is 3. The maximum absolute atomic E-state index is 14.1. The fourth-order valence-electron chi connectivity index (χ4n) is 3.45. The molecule has 0 unspecified atom stereocenters. The molecular weight excluding hydrogens is 311 g/mol. The van der Waals surface area contributed by atoms with E-state index < -0.39 is 0 Å². The Hall–Kier alpha value is -2.48. The molecule has 2 atom stereocenters. The molecule has 1 aromatic carbocycles. The average Bonchev–Trinajstić information content (AvgIpc) is 3.25. The molecule has 0 aliphatic carbocycles. The van der Waals surface area contributed by atoms with Gasteiger partial charge in [0.05, 0.1) is 17.7 Å². The van der Waals surface area contributed by atoms with Crippen molar-refractivity contribution in [1.82, 2.24) is 24.3 Å². The van der Waals surface area contributed by atoms with E-state index in [-0.39, 0.29) is 18.0 Å². The maximum atomic E-state index is 14.1. The minimum absolute atomic E-state index is 0.0129. The van der Waals surface area contributed by atoms with Crippen molar-refractivity contribution in [2.45, 2.75) is 18.6 Å². The summed E-state index contributed by atoms with van der Waals surface area (Å²) in [6.07, 6.45) is 2.54. The largest absolute Gasteiger partial charge is 0.380 e. The lowest BCUT2D eigenvalue weighted by Crippen LogP contribution is -2.28. The number of imidazole rings is 1. The Balaban J connectivity index is 1.83. The molecule has 4 rings (SSSR count). The summed E-state index contributed by atoms with van der Waals surface area (Å²) in [5.74, 6) is 1.25. The van der Waals surface area contributed by atoms with Gasteiger partial charge in [-0.05, 0) is 12.1 Å². The summed E-state index contributed by atoms with van der Waals surface area (Å²) >= 11 is 0. The van der Waals surface area contributed by atoms with Crippen molar-refractivity contribution in [1.29, 1.82) is 0 Å². The molecule has 0 spiro atoms. The first-order valence-electron chi connectivity index (χ1n) is 7.84. The van der Waals surface area contributed by atoms with Gasteiger partial charge < -0.3 is 18.8 Å².